The lowest BCUT2D eigenvalue weighted by Crippen LogP contribution is -2.44. The van der Waals surface area contributed by atoms with Crippen molar-refractivity contribution >= 4 is 18.3 Å². The van der Waals surface area contributed by atoms with Crippen LogP contribution in [-0.4, -0.2) is 38.6 Å². The van der Waals surface area contributed by atoms with E-state index in [4.69, 9.17) is 9.47 Å². The molecule has 0 saturated heterocycles. The lowest BCUT2D eigenvalue weighted by Gasteiger charge is -2.42. The van der Waals surface area contributed by atoms with E-state index >= 15 is 0 Å². The first-order valence-electron chi connectivity index (χ1n) is 12.2. The van der Waals surface area contributed by atoms with Gasteiger partial charge in [0.05, 0.1) is 19.8 Å². The fourth-order valence-corrected chi connectivity index (χ4v) is 5.11. The Hall–Kier alpha value is -3.23. The number of rotatable bonds is 8. The molecule has 0 fully saturated rings. The summed E-state index contributed by atoms with van der Waals surface area (Å²) in [5.74, 6) is 1.12. The molecule has 1 amide bonds. The monoisotopic (exact) mass is 548 g/mol. The van der Waals surface area contributed by atoms with Crippen molar-refractivity contribution in [3.05, 3.63) is 94.5 Å². The highest BCUT2D eigenvalue weighted by Gasteiger charge is 2.37. The van der Waals surface area contributed by atoms with Crippen LogP contribution in [0.2, 0.25) is 0 Å². The molecule has 1 heterocycles. The maximum Gasteiger partial charge on any atom is 0.416 e. The number of nitrogens with zero attached hydrogens (tertiary/aromatic N) is 1. The van der Waals surface area contributed by atoms with Gasteiger partial charge in [-0.05, 0) is 65.8 Å². The van der Waals surface area contributed by atoms with Gasteiger partial charge in [-0.25, -0.2) is 0 Å². The van der Waals surface area contributed by atoms with Gasteiger partial charge in [0.25, 0.3) is 0 Å². The molecule has 4 rings (SSSR count). The molecule has 0 unspecified atom stereocenters. The van der Waals surface area contributed by atoms with Crippen LogP contribution >= 0.6 is 12.4 Å². The summed E-state index contributed by atoms with van der Waals surface area (Å²) in [6.45, 7) is 0.632. The number of nitrogens with one attached hydrogen (secondary N) is 1. The predicted octanol–water partition coefficient (Wildman–Crippen LogP) is 6.16. The zero-order valence-electron chi connectivity index (χ0n) is 21.5. The zero-order valence-corrected chi connectivity index (χ0v) is 22.4. The summed E-state index contributed by atoms with van der Waals surface area (Å²) in [6, 6.07) is 18.2. The number of ether oxygens (including phenoxy) is 2. The molecule has 0 spiro atoms. The fourth-order valence-electron chi connectivity index (χ4n) is 5.11. The van der Waals surface area contributed by atoms with Gasteiger partial charge in [0.1, 0.15) is 6.04 Å². The van der Waals surface area contributed by atoms with Crippen LogP contribution in [0.3, 0.4) is 0 Å². The first-order valence-corrected chi connectivity index (χ1v) is 12.2. The summed E-state index contributed by atoms with van der Waals surface area (Å²) in [6.07, 6.45) is -2.51. The standard InChI is InChI=1S/C29H31F3N2O3.ClH/c1-33-28(35)27(20-7-5-4-6-8-20)34-16-15-21-17-25(36-2)26(37-3)18-23(21)24(34)14-11-19-9-12-22(13-10-19)29(30,31)32;/h4-10,12-13,17-18,24,27H,11,14-16H2,1-3H3,(H,33,35);1H/t24-,27+;/m0./s1. The van der Waals surface area contributed by atoms with Gasteiger partial charge < -0.3 is 14.8 Å². The molecule has 3 aromatic rings. The number of amides is 1. The summed E-state index contributed by atoms with van der Waals surface area (Å²) < 4.78 is 50.2. The van der Waals surface area contributed by atoms with Gasteiger partial charge in [-0.3, -0.25) is 9.69 Å². The van der Waals surface area contributed by atoms with Crippen molar-refractivity contribution in [3.63, 3.8) is 0 Å². The number of hydrogen-bond donors (Lipinski definition) is 1. The number of aryl methyl sites for hydroxylation is 1. The Balaban J connectivity index is 0.00000400. The van der Waals surface area contributed by atoms with Gasteiger partial charge in [0.2, 0.25) is 5.91 Å². The first-order chi connectivity index (χ1) is 17.8. The number of carbonyl (C=O) groups excluding carboxylic acids is 1. The van der Waals surface area contributed by atoms with Gasteiger partial charge in [-0.15, -0.1) is 12.4 Å². The van der Waals surface area contributed by atoms with Crippen molar-refractivity contribution in [3.8, 4) is 11.5 Å². The molecule has 0 aliphatic carbocycles. The molecule has 0 bridgehead atoms. The zero-order chi connectivity index (χ0) is 26.6. The second-order valence-corrected chi connectivity index (χ2v) is 9.07. The van der Waals surface area contributed by atoms with Crippen LogP contribution in [0, 0.1) is 0 Å². The lowest BCUT2D eigenvalue weighted by atomic mass is 9.86. The largest absolute Gasteiger partial charge is 0.493 e. The maximum atomic E-state index is 13.2. The molecule has 1 aliphatic heterocycles. The quantitative estimate of drug-likeness (QED) is 0.366. The summed E-state index contributed by atoms with van der Waals surface area (Å²) in [5, 5.41) is 2.81. The van der Waals surface area contributed by atoms with Crippen molar-refractivity contribution in [1.29, 1.82) is 0 Å². The van der Waals surface area contributed by atoms with E-state index in [1.54, 1.807) is 21.3 Å². The normalized spacial score (nSPS) is 16.1. The van der Waals surface area contributed by atoms with E-state index in [1.165, 1.54) is 12.1 Å². The third-order valence-corrected chi connectivity index (χ3v) is 6.97. The molecule has 0 aromatic heterocycles. The Kier molecular flexibility index (Phi) is 9.68. The number of halogens is 4. The minimum absolute atomic E-state index is 0. The Labute approximate surface area is 227 Å². The Morgan fingerprint density at radius 3 is 2.24 bits per heavy atom. The highest BCUT2D eigenvalue weighted by molar-refractivity contribution is 5.85. The molecule has 9 heteroatoms. The van der Waals surface area contributed by atoms with E-state index in [2.05, 4.69) is 10.2 Å². The van der Waals surface area contributed by atoms with Gasteiger partial charge in [0.15, 0.2) is 11.5 Å². The van der Waals surface area contributed by atoms with Crippen molar-refractivity contribution < 1.29 is 27.4 Å². The highest BCUT2D eigenvalue weighted by atomic mass is 35.5. The average molecular weight is 549 g/mol. The number of carbonyl (C=O) groups is 1. The first kappa shape index (κ1) is 29.3. The second-order valence-electron chi connectivity index (χ2n) is 9.07. The highest BCUT2D eigenvalue weighted by Crippen LogP contribution is 2.43. The maximum absolute atomic E-state index is 13.2. The summed E-state index contributed by atoms with van der Waals surface area (Å²) in [4.78, 5) is 15.4. The van der Waals surface area contributed by atoms with E-state index < -0.39 is 17.8 Å². The molecule has 2 atom stereocenters. The molecule has 204 valence electrons. The minimum Gasteiger partial charge on any atom is -0.493 e. The third-order valence-electron chi connectivity index (χ3n) is 6.97. The van der Waals surface area contributed by atoms with Crippen LogP contribution < -0.4 is 14.8 Å². The molecule has 38 heavy (non-hydrogen) atoms. The van der Waals surface area contributed by atoms with Crippen molar-refractivity contribution in [2.24, 2.45) is 0 Å². The predicted molar refractivity (Wildman–Crippen MR) is 143 cm³/mol. The van der Waals surface area contributed by atoms with Gasteiger partial charge in [0, 0.05) is 19.6 Å². The Morgan fingerprint density at radius 2 is 1.66 bits per heavy atom. The van der Waals surface area contributed by atoms with Gasteiger partial charge >= 0.3 is 6.18 Å². The molecular weight excluding hydrogens is 517 g/mol. The van der Waals surface area contributed by atoms with Crippen LogP contribution in [0.25, 0.3) is 0 Å². The summed E-state index contributed by atoms with van der Waals surface area (Å²) in [5.41, 5.74) is 3.15. The molecule has 1 N–H and O–H groups in total. The Morgan fingerprint density at radius 1 is 1.03 bits per heavy atom. The van der Waals surface area contributed by atoms with Gasteiger partial charge in [-0.2, -0.15) is 13.2 Å². The molecule has 1 aliphatic rings. The van der Waals surface area contributed by atoms with E-state index in [0.29, 0.717) is 37.3 Å². The minimum atomic E-state index is -4.37. The third kappa shape index (κ3) is 6.25. The molecule has 3 aromatic carbocycles. The number of likely N-dealkylation sites (N-methyl/N-ethyl adjacent to an activating group) is 1. The van der Waals surface area contributed by atoms with Crippen LogP contribution in [0.4, 0.5) is 13.2 Å². The molecule has 5 nitrogen and oxygen atoms in total. The van der Waals surface area contributed by atoms with E-state index in [-0.39, 0.29) is 24.4 Å². The van der Waals surface area contributed by atoms with Gasteiger partial charge in [-0.1, -0.05) is 42.5 Å². The average Bonchev–Trinajstić information content (AvgIpc) is 2.91. The lowest BCUT2D eigenvalue weighted by molar-refractivity contribution is -0.137. The topological polar surface area (TPSA) is 50.8 Å². The molecular formula is C29H32ClF3N2O3. The fraction of sp³-hybridized carbons (Fsp3) is 0.345. The van der Waals surface area contributed by atoms with Crippen molar-refractivity contribution in [2.45, 2.75) is 37.5 Å². The van der Waals surface area contributed by atoms with E-state index in [0.717, 1.165) is 34.4 Å². The molecule has 0 saturated carbocycles. The van der Waals surface area contributed by atoms with E-state index in [9.17, 15) is 18.0 Å². The molecule has 0 radical (unpaired) electrons. The van der Waals surface area contributed by atoms with Crippen LogP contribution in [0.15, 0.2) is 66.7 Å². The number of hydrogen-bond acceptors (Lipinski definition) is 4. The van der Waals surface area contributed by atoms with Crippen molar-refractivity contribution in [2.75, 3.05) is 27.8 Å². The van der Waals surface area contributed by atoms with Crippen LogP contribution in [0.5, 0.6) is 11.5 Å². The Bertz CT molecular complexity index is 1220. The SMILES string of the molecule is CNC(=O)[C@@H](c1ccccc1)N1CCc2cc(OC)c(OC)cc2[C@@H]1CCc1ccc(C(F)(F)F)cc1.Cl. The number of methoxy groups -OCH3 is 2. The smallest absolute Gasteiger partial charge is 0.416 e. The number of fused-ring (bicyclic) bond motifs is 1. The van der Waals surface area contributed by atoms with Crippen molar-refractivity contribution in [1.82, 2.24) is 10.2 Å². The number of benzene rings is 3. The van der Waals surface area contributed by atoms with E-state index in [1.807, 2.05) is 42.5 Å². The van der Waals surface area contributed by atoms with Crippen LogP contribution in [0.1, 0.15) is 46.3 Å². The van der Waals surface area contributed by atoms with Crippen LogP contribution in [-0.2, 0) is 23.8 Å². The summed E-state index contributed by atoms with van der Waals surface area (Å²) in [7, 11) is 4.80. The number of alkyl halides is 3. The second kappa shape index (κ2) is 12.5. The summed E-state index contributed by atoms with van der Waals surface area (Å²) >= 11 is 0.